The third-order valence-corrected chi connectivity index (χ3v) is 3.78. The second-order valence-corrected chi connectivity index (χ2v) is 4.92. The summed E-state index contributed by atoms with van der Waals surface area (Å²) in [5, 5.41) is 4.51. The third-order valence-electron chi connectivity index (χ3n) is 2.48. The predicted molar refractivity (Wildman–Crippen MR) is 75.5 cm³/mol. The third kappa shape index (κ3) is 2.86. The molecule has 6 heteroatoms. The summed E-state index contributed by atoms with van der Waals surface area (Å²) < 4.78 is 0. The maximum absolute atomic E-state index is 6.17. The molecule has 0 spiro atoms. The van der Waals surface area contributed by atoms with Crippen molar-refractivity contribution in [2.45, 2.75) is 13.0 Å². The zero-order valence-corrected chi connectivity index (χ0v) is 11.8. The van der Waals surface area contributed by atoms with E-state index >= 15 is 0 Å². The molecule has 1 aromatic carbocycles. The Morgan fingerprint density at radius 2 is 1.72 bits per heavy atom. The average Bonchev–Trinajstić information content (AvgIpc) is 2.37. The Hall–Kier alpha value is -1.03. The SMILES string of the molecule is CC(Nc1cncnc1)c1ccc(Cl)c(Cl)c1Cl. The largest absolute Gasteiger partial charge is 0.376 e. The molecule has 0 aliphatic carbocycles. The van der Waals surface area contributed by atoms with Crippen LogP contribution in [-0.4, -0.2) is 9.97 Å². The molecule has 2 aromatic rings. The zero-order valence-electron chi connectivity index (χ0n) is 9.49. The fraction of sp³-hybridized carbons (Fsp3) is 0.167. The molecule has 0 bridgehead atoms. The van der Waals surface area contributed by atoms with Crippen molar-refractivity contribution in [3.63, 3.8) is 0 Å². The van der Waals surface area contributed by atoms with E-state index in [9.17, 15) is 0 Å². The van der Waals surface area contributed by atoms with Crippen molar-refractivity contribution >= 4 is 40.5 Å². The smallest absolute Gasteiger partial charge is 0.115 e. The topological polar surface area (TPSA) is 37.8 Å². The van der Waals surface area contributed by atoms with Gasteiger partial charge in [0.15, 0.2) is 0 Å². The molecule has 1 atom stereocenters. The van der Waals surface area contributed by atoms with Gasteiger partial charge in [0.05, 0.1) is 39.2 Å². The number of anilines is 1. The van der Waals surface area contributed by atoms with Gasteiger partial charge < -0.3 is 5.32 Å². The molecular weight excluding hydrogens is 293 g/mol. The minimum absolute atomic E-state index is 0.0294. The predicted octanol–water partition coefficient (Wildman–Crippen LogP) is 4.61. The Balaban J connectivity index is 2.24. The number of hydrogen-bond donors (Lipinski definition) is 1. The van der Waals surface area contributed by atoms with Crippen LogP contribution in [0.15, 0.2) is 30.9 Å². The normalized spacial score (nSPS) is 12.2. The monoisotopic (exact) mass is 301 g/mol. The first-order chi connectivity index (χ1) is 8.59. The Kier molecular flexibility index (Phi) is 4.27. The van der Waals surface area contributed by atoms with Gasteiger partial charge in [0, 0.05) is 0 Å². The molecule has 3 nitrogen and oxygen atoms in total. The number of nitrogens with one attached hydrogen (secondary N) is 1. The fourth-order valence-corrected chi connectivity index (χ4v) is 2.28. The highest BCUT2D eigenvalue weighted by atomic mass is 35.5. The Bertz CT molecular complexity index is 546. The van der Waals surface area contributed by atoms with Gasteiger partial charge in [-0.05, 0) is 18.6 Å². The van der Waals surface area contributed by atoms with Crippen LogP contribution in [0.2, 0.25) is 15.1 Å². The van der Waals surface area contributed by atoms with Crippen LogP contribution >= 0.6 is 34.8 Å². The molecule has 1 unspecified atom stereocenters. The highest BCUT2D eigenvalue weighted by Crippen LogP contribution is 2.36. The van der Waals surface area contributed by atoms with Crippen molar-refractivity contribution in [2.24, 2.45) is 0 Å². The molecular formula is C12H10Cl3N3. The molecule has 1 heterocycles. The summed E-state index contributed by atoms with van der Waals surface area (Å²) >= 11 is 18.1. The number of rotatable bonds is 3. The van der Waals surface area contributed by atoms with E-state index in [4.69, 9.17) is 34.8 Å². The van der Waals surface area contributed by atoms with Gasteiger partial charge in [0.2, 0.25) is 0 Å². The van der Waals surface area contributed by atoms with Gasteiger partial charge in [-0.1, -0.05) is 40.9 Å². The molecule has 0 saturated carbocycles. The summed E-state index contributed by atoms with van der Waals surface area (Å²) in [6.45, 7) is 1.97. The molecule has 0 amide bonds. The Labute approximate surface area is 120 Å². The lowest BCUT2D eigenvalue weighted by Gasteiger charge is -2.17. The van der Waals surface area contributed by atoms with Crippen molar-refractivity contribution in [1.82, 2.24) is 9.97 Å². The number of nitrogens with zero attached hydrogens (tertiary/aromatic N) is 2. The number of hydrogen-bond acceptors (Lipinski definition) is 3. The first-order valence-electron chi connectivity index (χ1n) is 5.24. The van der Waals surface area contributed by atoms with Crippen LogP contribution in [0.1, 0.15) is 18.5 Å². The fourth-order valence-electron chi connectivity index (χ4n) is 1.58. The van der Waals surface area contributed by atoms with E-state index in [2.05, 4.69) is 15.3 Å². The standard InChI is InChI=1S/C12H10Cl3N3/c1-7(18-8-4-16-6-17-5-8)9-2-3-10(13)12(15)11(9)14/h2-7,18H,1H3. The van der Waals surface area contributed by atoms with Crippen LogP contribution in [0.3, 0.4) is 0 Å². The van der Waals surface area contributed by atoms with Gasteiger partial charge in [-0.25, -0.2) is 9.97 Å². The lowest BCUT2D eigenvalue weighted by Crippen LogP contribution is -2.07. The van der Waals surface area contributed by atoms with Crippen LogP contribution in [0.5, 0.6) is 0 Å². The summed E-state index contributed by atoms with van der Waals surface area (Å²) in [5.74, 6) is 0. The number of halogens is 3. The van der Waals surface area contributed by atoms with Crippen molar-refractivity contribution < 1.29 is 0 Å². The van der Waals surface area contributed by atoms with Gasteiger partial charge in [-0.3, -0.25) is 0 Å². The van der Waals surface area contributed by atoms with E-state index < -0.39 is 0 Å². The van der Waals surface area contributed by atoms with Crippen molar-refractivity contribution in [1.29, 1.82) is 0 Å². The van der Waals surface area contributed by atoms with Gasteiger partial charge >= 0.3 is 0 Å². The van der Waals surface area contributed by atoms with Crippen LogP contribution in [0.4, 0.5) is 5.69 Å². The van der Waals surface area contributed by atoms with Crippen LogP contribution in [0, 0.1) is 0 Å². The van der Waals surface area contributed by atoms with Crippen molar-refractivity contribution in [3.8, 4) is 0 Å². The highest BCUT2D eigenvalue weighted by Gasteiger charge is 2.14. The summed E-state index contributed by atoms with van der Waals surface area (Å²) in [6, 6.07) is 3.54. The Morgan fingerprint density at radius 3 is 2.39 bits per heavy atom. The Morgan fingerprint density at radius 1 is 1.06 bits per heavy atom. The molecule has 0 fully saturated rings. The van der Waals surface area contributed by atoms with Gasteiger partial charge in [0.25, 0.3) is 0 Å². The summed E-state index contributed by atoms with van der Waals surface area (Å²) in [7, 11) is 0. The highest BCUT2D eigenvalue weighted by molar-refractivity contribution is 6.48. The summed E-state index contributed by atoms with van der Waals surface area (Å²) in [4.78, 5) is 7.86. The van der Waals surface area contributed by atoms with Gasteiger partial charge in [0.1, 0.15) is 6.33 Å². The molecule has 0 saturated heterocycles. The molecule has 2 rings (SSSR count). The van der Waals surface area contributed by atoms with Gasteiger partial charge in [-0.15, -0.1) is 0 Å². The molecule has 94 valence electrons. The first kappa shape index (κ1) is 13.4. The van der Waals surface area contributed by atoms with Crippen LogP contribution in [0.25, 0.3) is 0 Å². The molecule has 0 radical (unpaired) electrons. The van der Waals surface area contributed by atoms with Gasteiger partial charge in [-0.2, -0.15) is 0 Å². The average molecular weight is 303 g/mol. The quantitative estimate of drug-likeness (QED) is 0.841. The molecule has 1 aromatic heterocycles. The molecule has 0 aliphatic rings. The summed E-state index contributed by atoms with van der Waals surface area (Å²) in [5.41, 5.74) is 1.68. The maximum Gasteiger partial charge on any atom is 0.115 e. The van der Waals surface area contributed by atoms with Crippen molar-refractivity contribution in [3.05, 3.63) is 51.5 Å². The number of benzene rings is 1. The van der Waals surface area contributed by atoms with E-state index in [-0.39, 0.29) is 6.04 Å². The second-order valence-electron chi connectivity index (χ2n) is 3.76. The molecule has 1 N–H and O–H groups in total. The van der Waals surface area contributed by atoms with Crippen LogP contribution < -0.4 is 5.32 Å². The minimum atomic E-state index is -0.0294. The first-order valence-corrected chi connectivity index (χ1v) is 6.38. The second kappa shape index (κ2) is 5.74. The van der Waals surface area contributed by atoms with E-state index in [0.29, 0.717) is 15.1 Å². The lowest BCUT2D eigenvalue weighted by atomic mass is 10.1. The van der Waals surface area contributed by atoms with E-state index in [0.717, 1.165) is 11.3 Å². The maximum atomic E-state index is 6.17. The van der Waals surface area contributed by atoms with E-state index in [1.54, 1.807) is 18.5 Å². The molecule has 18 heavy (non-hydrogen) atoms. The van der Waals surface area contributed by atoms with E-state index in [1.807, 2.05) is 13.0 Å². The van der Waals surface area contributed by atoms with Crippen molar-refractivity contribution in [2.75, 3.05) is 5.32 Å². The van der Waals surface area contributed by atoms with Crippen LogP contribution in [-0.2, 0) is 0 Å². The minimum Gasteiger partial charge on any atom is -0.376 e. The molecule has 0 aliphatic heterocycles. The zero-order chi connectivity index (χ0) is 13.1. The summed E-state index contributed by atoms with van der Waals surface area (Å²) in [6.07, 6.45) is 4.85. The van der Waals surface area contributed by atoms with E-state index in [1.165, 1.54) is 6.33 Å². The lowest BCUT2D eigenvalue weighted by molar-refractivity contribution is 0.880. The number of aromatic nitrogens is 2.